The molecule has 0 heterocycles. The van der Waals surface area contributed by atoms with Crippen LogP contribution in [0.2, 0.25) is 5.02 Å². The van der Waals surface area contributed by atoms with Gasteiger partial charge in [0.05, 0.1) is 15.0 Å². The van der Waals surface area contributed by atoms with Crippen molar-refractivity contribution in [3.05, 3.63) is 21.6 Å². The summed E-state index contributed by atoms with van der Waals surface area (Å²) in [6.45, 7) is 0.695. The van der Waals surface area contributed by atoms with Crippen molar-refractivity contribution in [3.8, 4) is 5.75 Å². The molecule has 1 amide bonds. The maximum absolute atomic E-state index is 12.4. The average Bonchev–Trinajstić information content (AvgIpc) is 2.31. The van der Waals surface area contributed by atoms with Gasteiger partial charge in [0.25, 0.3) is 0 Å². The van der Waals surface area contributed by atoms with E-state index >= 15 is 0 Å². The number of alkyl halides is 3. The number of hydrogen-bond donors (Lipinski definition) is 1. The predicted molar refractivity (Wildman–Crippen MR) is 82.0 cm³/mol. The third kappa shape index (κ3) is 4.86. The molecule has 0 saturated carbocycles. The first kappa shape index (κ1) is 17.7. The number of halogens is 5. The molecule has 1 unspecified atom stereocenters. The number of benzene rings is 1. The van der Waals surface area contributed by atoms with Crippen LogP contribution < -0.4 is 10.1 Å². The Labute approximate surface area is 137 Å². The highest BCUT2D eigenvalue weighted by atomic mass is 79.9. The Morgan fingerprint density at radius 3 is 2.50 bits per heavy atom. The average molecular weight is 435 g/mol. The van der Waals surface area contributed by atoms with Gasteiger partial charge in [0.2, 0.25) is 5.91 Å². The van der Waals surface area contributed by atoms with Gasteiger partial charge in [0.15, 0.2) is 5.75 Å². The molecule has 0 aromatic heterocycles. The van der Waals surface area contributed by atoms with Crippen LogP contribution in [-0.4, -0.2) is 17.3 Å². The quantitative estimate of drug-likeness (QED) is 0.657. The second kappa shape index (κ2) is 7.56. The molecule has 0 saturated heterocycles. The number of nitrogens with one attached hydrogen (secondary N) is 1. The van der Waals surface area contributed by atoms with Gasteiger partial charge < -0.3 is 10.1 Å². The molecule has 0 bridgehead atoms. The van der Waals surface area contributed by atoms with Crippen LogP contribution in [0.1, 0.15) is 13.8 Å². The maximum Gasteiger partial charge on any atom is 0.387 e. The van der Waals surface area contributed by atoms with E-state index in [4.69, 9.17) is 11.6 Å². The molecule has 1 N–H and O–H groups in total. The monoisotopic (exact) mass is 433 g/mol. The van der Waals surface area contributed by atoms with Crippen molar-refractivity contribution in [1.29, 1.82) is 0 Å². The van der Waals surface area contributed by atoms with Crippen molar-refractivity contribution in [2.24, 2.45) is 5.92 Å². The van der Waals surface area contributed by atoms with Crippen LogP contribution in [0.3, 0.4) is 0 Å². The molecule has 8 heteroatoms. The number of carbonyl (C=O) groups excluding carboxylic acids is 1. The molecule has 0 aliphatic heterocycles. The van der Waals surface area contributed by atoms with E-state index in [9.17, 15) is 13.6 Å². The summed E-state index contributed by atoms with van der Waals surface area (Å²) >= 11 is 12.2. The summed E-state index contributed by atoms with van der Waals surface area (Å²) in [4.78, 5) is 11.5. The van der Waals surface area contributed by atoms with Gasteiger partial charge in [-0.15, -0.1) is 0 Å². The Kier molecular flexibility index (Phi) is 6.68. The second-order valence-corrected chi connectivity index (χ2v) is 6.56. The zero-order valence-corrected chi connectivity index (χ0v) is 14.5. The summed E-state index contributed by atoms with van der Waals surface area (Å²) in [6.07, 6.45) is 0. The fourth-order valence-corrected chi connectivity index (χ4v) is 2.38. The zero-order valence-electron chi connectivity index (χ0n) is 10.6. The second-order valence-electron chi connectivity index (χ2n) is 4.28. The lowest BCUT2D eigenvalue weighted by Gasteiger charge is -2.17. The molecule has 1 aromatic carbocycles. The zero-order chi connectivity index (χ0) is 15.4. The largest absolute Gasteiger partial charge is 0.431 e. The van der Waals surface area contributed by atoms with Crippen LogP contribution in [0.15, 0.2) is 16.6 Å². The third-order valence-electron chi connectivity index (χ3n) is 2.31. The van der Waals surface area contributed by atoms with E-state index < -0.39 is 11.4 Å². The van der Waals surface area contributed by atoms with Crippen LogP contribution in [0.4, 0.5) is 14.5 Å². The SMILES string of the molecule is CC(C)C(Br)C(=O)Nc1cc(Cl)cc(Br)c1OC(F)F. The van der Waals surface area contributed by atoms with E-state index in [1.54, 1.807) is 0 Å². The summed E-state index contributed by atoms with van der Waals surface area (Å²) < 4.78 is 29.5. The summed E-state index contributed by atoms with van der Waals surface area (Å²) in [5, 5.41) is 2.80. The van der Waals surface area contributed by atoms with Gasteiger partial charge in [0.1, 0.15) is 0 Å². The van der Waals surface area contributed by atoms with E-state index in [0.717, 1.165) is 0 Å². The summed E-state index contributed by atoms with van der Waals surface area (Å²) in [6, 6.07) is 2.75. The van der Waals surface area contributed by atoms with E-state index in [2.05, 4.69) is 41.9 Å². The van der Waals surface area contributed by atoms with E-state index in [0.29, 0.717) is 0 Å². The molecule has 0 aliphatic rings. The Balaban J connectivity index is 3.07. The van der Waals surface area contributed by atoms with Crippen molar-refractivity contribution in [2.45, 2.75) is 25.3 Å². The smallest absolute Gasteiger partial charge is 0.387 e. The lowest BCUT2D eigenvalue weighted by Crippen LogP contribution is -2.27. The van der Waals surface area contributed by atoms with Gasteiger partial charge >= 0.3 is 6.61 Å². The number of hydrogen-bond acceptors (Lipinski definition) is 2. The minimum Gasteiger partial charge on any atom is -0.431 e. The van der Waals surface area contributed by atoms with Crippen molar-refractivity contribution in [2.75, 3.05) is 5.32 Å². The number of amides is 1. The highest BCUT2D eigenvalue weighted by molar-refractivity contribution is 9.10. The summed E-state index contributed by atoms with van der Waals surface area (Å²) in [5.41, 5.74) is 0.0831. The molecule has 1 aromatic rings. The summed E-state index contributed by atoms with van der Waals surface area (Å²) in [7, 11) is 0. The van der Waals surface area contributed by atoms with Crippen LogP contribution in [0.5, 0.6) is 5.75 Å². The highest BCUT2D eigenvalue weighted by Gasteiger charge is 2.22. The molecule has 1 rings (SSSR count). The van der Waals surface area contributed by atoms with E-state index in [-0.39, 0.29) is 32.8 Å². The predicted octanol–water partition coefficient (Wildman–Crippen LogP) is 5.06. The van der Waals surface area contributed by atoms with Gasteiger partial charge in [-0.25, -0.2) is 0 Å². The number of ether oxygens (including phenoxy) is 1. The Morgan fingerprint density at radius 2 is 2.00 bits per heavy atom. The maximum atomic E-state index is 12.4. The van der Waals surface area contributed by atoms with Gasteiger partial charge in [-0.05, 0) is 34.0 Å². The molecule has 0 aliphatic carbocycles. The number of rotatable bonds is 5. The van der Waals surface area contributed by atoms with Crippen LogP contribution in [0.25, 0.3) is 0 Å². The molecule has 3 nitrogen and oxygen atoms in total. The topological polar surface area (TPSA) is 38.3 Å². The van der Waals surface area contributed by atoms with E-state index in [1.807, 2.05) is 13.8 Å². The van der Waals surface area contributed by atoms with Crippen molar-refractivity contribution in [1.82, 2.24) is 0 Å². The van der Waals surface area contributed by atoms with Gasteiger partial charge in [-0.3, -0.25) is 4.79 Å². The van der Waals surface area contributed by atoms with Crippen LogP contribution >= 0.6 is 43.5 Å². The minimum atomic E-state index is -3.01. The molecule has 0 fully saturated rings. The molecule has 112 valence electrons. The molecular weight excluding hydrogens is 423 g/mol. The van der Waals surface area contributed by atoms with Crippen molar-refractivity contribution < 1.29 is 18.3 Å². The standard InChI is InChI=1S/C12H12Br2ClF2NO2/c1-5(2)9(14)11(19)18-8-4-6(15)3-7(13)10(8)20-12(16)17/h3-5,9,12H,1-2H3,(H,18,19). The molecule has 0 radical (unpaired) electrons. The number of anilines is 1. The highest BCUT2D eigenvalue weighted by Crippen LogP contribution is 2.38. The van der Waals surface area contributed by atoms with Crippen molar-refractivity contribution >= 4 is 55.1 Å². The normalized spacial score (nSPS) is 12.7. The lowest BCUT2D eigenvalue weighted by molar-refractivity contribution is -0.116. The Hall–Kier alpha value is -0.400. The Morgan fingerprint density at radius 1 is 1.40 bits per heavy atom. The third-order valence-corrected chi connectivity index (χ3v) is 4.59. The first-order chi connectivity index (χ1) is 9.22. The Bertz CT molecular complexity index is 501. The van der Waals surface area contributed by atoms with E-state index in [1.165, 1.54) is 12.1 Å². The summed E-state index contributed by atoms with van der Waals surface area (Å²) in [5.74, 6) is -0.494. The number of carbonyl (C=O) groups is 1. The first-order valence-electron chi connectivity index (χ1n) is 5.61. The lowest BCUT2D eigenvalue weighted by atomic mass is 10.1. The molecule has 0 spiro atoms. The molecule has 1 atom stereocenters. The van der Waals surface area contributed by atoms with Crippen LogP contribution in [-0.2, 0) is 4.79 Å². The fourth-order valence-electron chi connectivity index (χ4n) is 1.37. The van der Waals surface area contributed by atoms with Crippen molar-refractivity contribution in [3.63, 3.8) is 0 Å². The van der Waals surface area contributed by atoms with Gasteiger partial charge in [-0.1, -0.05) is 41.4 Å². The minimum absolute atomic E-state index is 0.0390. The molecular formula is C12H12Br2ClF2NO2. The fraction of sp³-hybridized carbons (Fsp3) is 0.417. The first-order valence-corrected chi connectivity index (χ1v) is 7.69. The van der Waals surface area contributed by atoms with Crippen LogP contribution in [0, 0.1) is 5.92 Å². The molecule has 20 heavy (non-hydrogen) atoms. The van der Waals surface area contributed by atoms with Gasteiger partial charge in [-0.2, -0.15) is 8.78 Å². The van der Waals surface area contributed by atoms with Gasteiger partial charge in [0, 0.05) is 5.02 Å².